The average molecular weight is 446 g/mol. The van der Waals surface area contributed by atoms with E-state index >= 15 is 0 Å². The van der Waals surface area contributed by atoms with Gasteiger partial charge in [-0.1, -0.05) is 36.2 Å². The maximum atomic E-state index is 12.2. The lowest BCUT2D eigenvalue weighted by Gasteiger charge is -2.26. The lowest BCUT2D eigenvalue weighted by Crippen LogP contribution is -2.34. The minimum Gasteiger partial charge on any atom is -0.508 e. The Hall–Kier alpha value is -2.57. The molecule has 2 aliphatic rings. The van der Waals surface area contributed by atoms with E-state index in [0.717, 1.165) is 36.0 Å². The summed E-state index contributed by atoms with van der Waals surface area (Å²) in [5, 5.41) is 16.2. The monoisotopic (exact) mass is 445 g/mol. The van der Waals surface area contributed by atoms with E-state index in [1.165, 1.54) is 5.56 Å². The molecule has 1 unspecified atom stereocenters. The second-order valence-corrected chi connectivity index (χ2v) is 8.51. The van der Waals surface area contributed by atoms with Gasteiger partial charge in [-0.25, -0.2) is 0 Å². The minimum atomic E-state index is -0.526. The van der Waals surface area contributed by atoms with Gasteiger partial charge in [0.1, 0.15) is 12.3 Å². The molecule has 156 valence electrons. The molecule has 0 saturated heterocycles. The van der Waals surface area contributed by atoms with Gasteiger partial charge in [-0.3, -0.25) is 14.6 Å². The van der Waals surface area contributed by atoms with Crippen LogP contribution in [0.3, 0.4) is 0 Å². The zero-order valence-corrected chi connectivity index (χ0v) is 17.9. The number of aliphatic imine (C=N–C) groups is 1. The summed E-state index contributed by atoms with van der Waals surface area (Å²) >= 11 is 13.0. The maximum Gasteiger partial charge on any atom is 0.291 e. The van der Waals surface area contributed by atoms with Crippen molar-refractivity contribution in [1.29, 1.82) is 0 Å². The van der Waals surface area contributed by atoms with Gasteiger partial charge in [0.2, 0.25) is 5.91 Å². The molecule has 0 fully saturated rings. The number of amides is 2. The van der Waals surface area contributed by atoms with Crippen molar-refractivity contribution in [3.63, 3.8) is 0 Å². The quantitative estimate of drug-likeness (QED) is 0.658. The van der Waals surface area contributed by atoms with E-state index in [9.17, 15) is 14.7 Å². The number of hydrogen-bond donors (Lipinski definition) is 3. The van der Waals surface area contributed by atoms with E-state index in [1.54, 1.807) is 18.2 Å². The molecule has 6 nitrogen and oxygen atoms in total. The van der Waals surface area contributed by atoms with Crippen LogP contribution in [-0.4, -0.2) is 29.3 Å². The van der Waals surface area contributed by atoms with E-state index in [2.05, 4.69) is 22.5 Å². The third kappa shape index (κ3) is 4.02. The van der Waals surface area contributed by atoms with Crippen LogP contribution in [0.15, 0.2) is 29.3 Å². The van der Waals surface area contributed by atoms with Crippen molar-refractivity contribution in [2.45, 2.75) is 38.5 Å². The Morgan fingerprint density at radius 2 is 2.03 bits per heavy atom. The number of phenolic OH excluding ortho intramolecular Hbond substituents is 1. The lowest BCUT2D eigenvalue weighted by molar-refractivity contribution is -0.118. The Labute approximate surface area is 184 Å². The molecule has 2 amide bonds. The summed E-state index contributed by atoms with van der Waals surface area (Å²) in [4.78, 5) is 27.3. The number of anilines is 1. The van der Waals surface area contributed by atoms with Crippen LogP contribution in [-0.2, 0) is 22.4 Å². The van der Waals surface area contributed by atoms with Crippen LogP contribution in [0, 0.1) is 0 Å². The molecule has 1 atom stereocenters. The van der Waals surface area contributed by atoms with Crippen molar-refractivity contribution in [2.24, 2.45) is 4.99 Å². The predicted octanol–water partition coefficient (Wildman–Crippen LogP) is 4.20. The molecule has 1 aliphatic carbocycles. The van der Waals surface area contributed by atoms with Gasteiger partial charge >= 0.3 is 0 Å². The van der Waals surface area contributed by atoms with Crippen molar-refractivity contribution >= 4 is 46.5 Å². The second kappa shape index (κ2) is 8.28. The number of fused-ring (bicyclic) bond motifs is 1. The molecule has 0 bridgehead atoms. The van der Waals surface area contributed by atoms with Crippen molar-refractivity contribution < 1.29 is 14.7 Å². The molecule has 0 spiro atoms. The predicted molar refractivity (Wildman–Crippen MR) is 118 cm³/mol. The third-order valence-electron chi connectivity index (χ3n) is 5.61. The second-order valence-electron chi connectivity index (χ2n) is 7.69. The first-order valence-electron chi connectivity index (χ1n) is 9.80. The SMILES string of the molecule is CC1CCCc2c(Cc3c(Cl)cc(NC(=O)C4=NCC(=O)N4)cc3Cl)ccc(O)c21. The number of rotatable bonds is 4. The lowest BCUT2D eigenvalue weighted by atomic mass is 9.80. The van der Waals surface area contributed by atoms with Gasteiger partial charge in [-0.05, 0) is 60.1 Å². The van der Waals surface area contributed by atoms with Crippen LogP contribution >= 0.6 is 23.2 Å². The fraction of sp³-hybridized carbons (Fsp3) is 0.318. The molecular formula is C22H21Cl2N3O3. The first-order chi connectivity index (χ1) is 14.3. The van der Waals surface area contributed by atoms with Gasteiger partial charge in [0.05, 0.1) is 0 Å². The highest BCUT2D eigenvalue weighted by Gasteiger charge is 2.24. The summed E-state index contributed by atoms with van der Waals surface area (Å²) in [6.07, 6.45) is 3.59. The standard InChI is InChI=1S/C22H21Cl2N3O3/c1-11-3-2-4-14-12(5-6-18(28)20(11)14)7-15-16(23)8-13(9-17(15)24)26-22(30)21-25-10-19(29)27-21/h5-6,8-9,11,28H,2-4,7,10H2,1H3,(H,26,30)(H,25,27,29). The minimum absolute atomic E-state index is 0.0267. The average Bonchev–Trinajstić information content (AvgIpc) is 3.13. The Balaban J connectivity index is 1.59. The van der Waals surface area contributed by atoms with Gasteiger partial charge in [0, 0.05) is 27.7 Å². The van der Waals surface area contributed by atoms with Crippen molar-refractivity contribution in [3.8, 4) is 5.75 Å². The number of phenols is 1. The summed E-state index contributed by atoms with van der Waals surface area (Å²) in [6.45, 7) is 2.08. The van der Waals surface area contributed by atoms with E-state index in [-0.39, 0.29) is 18.3 Å². The zero-order chi connectivity index (χ0) is 21.4. The van der Waals surface area contributed by atoms with Crippen LogP contribution < -0.4 is 10.6 Å². The van der Waals surface area contributed by atoms with E-state index in [1.807, 2.05) is 6.07 Å². The van der Waals surface area contributed by atoms with Crippen LogP contribution in [0.25, 0.3) is 0 Å². The van der Waals surface area contributed by atoms with E-state index in [0.29, 0.717) is 33.8 Å². The maximum absolute atomic E-state index is 12.2. The first-order valence-corrected chi connectivity index (χ1v) is 10.6. The third-order valence-corrected chi connectivity index (χ3v) is 6.28. The molecule has 30 heavy (non-hydrogen) atoms. The Morgan fingerprint density at radius 3 is 2.70 bits per heavy atom. The van der Waals surface area contributed by atoms with Gasteiger partial charge in [-0.15, -0.1) is 0 Å². The van der Waals surface area contributed by atoms with Gasteiger partial charge in [-0.2, -0.15) is 0 Å². The highest BCUT2D eigenvalue weighted by atomic mass is 35.5. The van der Waals surface area contributed by atoms with Gasteiger partial charge in [0.25, 0.3) is 5.91 Å². The number of nitrogens with one attached hydrogen (secondary N) is 2. The summed E-state index contributed by atoms with van der Waals surface area (Å²) in [6, 6.07) is 6.93. The zero-order valence-electron chi connectivity index (χ0n) is 16.4. The van der Waals surface area contributed by atoms with Crippen LogP contribution in [0.1, 0.15) is 47.9 Å². The number of carbonyl (C=O) groups excluding carboxylic acids is 2. The fourth-order valence-corrected chi connectivity index (χ4v) is 4.77. The van der Waals surface area contributed by atoms with Crippen molar-refractivity contribution in [1.82, 2.24) is 5.32 Å². The Kier molecular flexibility index (Phi) is 5.71. The Bertz CT molecular complexity index is 1060. The number of aromatic hydroxyl groups is 1. The molecule has 0 saturated carbocycles. The van der Waals surface area contributed by atoms with Crippen LogP contribution in [0.2, 0.25) is 10.0 Å². The summed E-state index contributed by atoms with van der Waals surface area (Å²) < 4.78 is 0. The molecule has 0 radical (unpaired) electrons. The first kappa shape index (κ1) is 20.7. The molecule has 3 N–H and O–H groups in total. The number of benzene rings is 2. The van der Waals surface area contributed by atoms with Gasteiger partial charge < -0.3 is 15.7 Å². The highest BCUT2D eigenvalue weighted by Crippen LogP contribution is 2.40. The molecule has 1 heterocycles. The number of nitrogens with zero attached hydrogens (tertiary/aromatic N) is 1. The molecule has 0 aromatic heterocycles. The van der Waals surface area contributed by atoms with Crippen molar-refractivity contribution in [2.75, 3.05) is 11.9 Å². The topological polar surface area (TPSA) is 90.8 Å². The summed E-state index contributed by atoms with van der Waals surface area (Å²) in [7, 11) is 0. The highest BCUT2D eigenvalue weighted by molar-refractivity contribution is 6.46. The summed E-state index contributed by atoms with van der Waals surface area (Å²) in [5.74, 6) is -0.212. The number of carbonyl (C=O) groups is 2. The smallest absolute Gasteiger partial charge is 0.291 e. The van der Waals surface area contributed by atoms with E-state index in [4.69, 9.17) is 23.2 Å². The number of amidine groups is 1. The Morgan fingerprint density at radius 1 is 1.30 bits per heavy atom. The van der Waals surface area contributed by atoms with Crippen molar-refractivity contribution in [3.05, 3.63) is 56.6 Å². The fourth-order valence-electron chi connectivity index (χ4n) is 4.15. The largest absolute Gasteiger partial charge is 0.508 e. The number of hydrogen-bond acceptors (Lipinski definition) is 4. The summed E-state index contributed by atoms with van der Waals surface area (Å²) in [5.41, 5.74) is 4.47. The molecular weight excluding hydrogens is 425 g/mol. The van der Waals surface area contributed by atoms with E-state index < -0.39 is 5.91 Å². The normalized spacial score (nSPS) is 17.9. The van der Waals surface area contributed by atoms with Crippen LogP contribution in [0.4, 0.5) is 5.69 Å². The molecule has 4 rings (SSSR count). The van der Waals surface area contributed by atoms with Crippen LogP contribution in [0.5, 0.6) is 5.75 Å². The van der Waals surface area contributed by atoms with Gasteiger partial charge in [0.15, 0.2) is 5.84 Å². The number of halogens is 2. The molecule has 2 aromatic rings. The molecule has 2 aromatic carbocycles. The molecule has 1 aliphatic heterocycles. The molecule has 8 heteroatoms.